The molecule has 0 aliphatic carbocycles. The molecule has 0 aliphatic heterocycles. The van der Waals surface area contributed by atoms with Crippen LogP contribution < -0.4 is 10.2 Å². The van der Waals surface area contributed by atoms with Gasteiger partial charge in [-0.2, -0.15) is 13.2 Å². The highest BCUT2D eigenvalue weighted by atomic mass is 19.4. The zero-order valence-electron chi connectivity index (χ0n) is 11.8. The van der Waals surface area contributed by atoms with Crippen molar-refractivity contribution in [3.8, 4) is 5.95 Å². The summed E-state index contributed by atoms with van der Waals surface area (Å²) in [5, 5.41) is 0.416. The first-order valence-electron chi connectivity index (χ1n) is 6.75. The fourth-order valence-corrected chi connectivity index (χ4v) is 2.14. The number of rotatable bonds is 3. The first kappa shape index (κ1) is 15.1. The zero-order valence-corrected chi connectivity index (χ0v) is 11.8. The second kappa shape index (κ2) is 5.79. The van der Waals surface area contributed by atoms with Crippen LogP contribution in [-0.2, 0) is 12.8 Å². The van der Waals surface area contributed by atoms with Gasteiger partial charge in [-0.25, -0.2) is 0 Å². The quantitative estimate of drug-likeness (QED) is 0.718. The van der Waals surface area contributed by atoms with Gasteiger partial charge in [-0.1, -0.05) is 24.3 Å². The Balaban J connectivity index is 1.83. The zero-order chi connectivity index (χ0) is 16.4. The van der Waals surface area contributed by atoms with E-state index in [-0.39, 0.29) is 18.0 Å². The van der Waals surface area contributed by atoms with Gasteiger partial charge in [0.2, 0.25) is 0 Å². The molecule has 0 N–H and O–H groups in total. The van der Waals surface area contributed by atoms with Crippen LogP contribution >= 0.6 is 0 Å². The highest BCUT2D eigenvalue weighted by Gasteiger charge is 2.30. The fraction of sp³-hybridized carbons (Fsp3) is 0.118. The monoisotopic (exact) mass is 320 g/mol. The van der Waals surface area contributed by atoms with Crippen LogP contribution in [0.2, 0.25) is 0 Å². The Hall–Kier alpha value is -2.76. The van der Waals surface area contributed by atoms with E-state index >= 15 is 0 Å². The molecule has 0 saturated heterocycles. The van der Waals surface area contributed by atoms with E-state index in [2.05, 4.69) is 0 Å². The predicted molar refractivity (Wildman–Crippen MR) is 78.3 cm³/mol. The Morgan fingerprint density at radius 3 is 2.57 bits per heavy atom. The fourth-order valence-electron chi connectivity index (χ4n) is 2.14. The van der Waals surface area contributed by atoms with E-state index in [1.165, 1.54) is 18.2 Å². The third-order valence-electron chi connectivity index (χ3n) is 3.25. The Morgan fingerprint density at radius 2 is 1.78 bits per heavy atom. The number of ether oxygens (including phenoxy) is 1. The molecule has 0 atom stereocenters. The highest BCUT2D eigenvalue weighted by Crippen LogP contribution is 2.29. The number of fused-ring (bicyclic) bond motifs is 1. The largest absolute Gasteiger partial charge is 0.460 e. The normalized spacial score (nSPS) is 11.6. The van der Waals surface area contributed by atoms with Gasteiger partial charge in [0, 0.05) is 0 Å². The topological polar surface area (TPSA) is 39.4 Å². The molecule has 0 radical (unpaired) electrons. The number of para-hydroxylation sites is 1. The maximum atomic E-state index is 12.7. The van der Waals surface area contributed by atoms with Crippen molar-refractivity contribution >= 4 is 11.0 Å². The van der Waals surface area contributed by atoms with Crippen molar-refractivity contribution < 1.29 is 22.3 Å². The lowest BCUT2D eigenvalue weighted by atomic mass is 10.1. The smallest absolute Gasteiger partial charge is 0.416 e. The van der Waals surface area contributed by atoms with E-state index in [0.29, 0.717) is 16.5 Å². The number of alkyl halides is 3. The minimum absolute atomic E-state index is 0.0360. The van der Waals surface area contributed by atoms with Crippen LogP contribution in [0.1, 0.15) is 11.1 Å². The van der Waals surface area contributed by atoms with Gasteiger partial charge >= 0.3 is 6.18 Å². The van der Waals surface area contributed by atoms with Crippen LogP contribution in [0.25, 0.3) is 11.0 Å². The second-order valence-electron chi connectivity index (χ2n) is 4.91. The van der Waals surface area contributed by atoms with Gasteiger partial charge in [0.05, 0.1) is 17.0 Å². The summed E-state index contributed by atoms with van der Waals surface area (Å²) in [6, 6.07) is 12.6. The molecule has 0 aliphatic rings. The van der Waals surface area contributed by atoms with Crippen LogP contribution in [-0.4, -0.2) is 0 Å². The molecule has 0 unspecified atom stereocenters. The molecule has 2 aromatic carbocycles. The molecule has 118 valence electrons. The van der Waals surface area contributed by atoms with Crippen molar-refractivity contribution in [1.82, 2.24) is 0 Å². The number of hydrogen-bond donors (Lipinski definition) is 0. The first-order chi connectivity index (χ1) is 10.9. The van der Waals surface area contributed by atoms with Crippen molar-refractivity contribution in [1.29, 1.82) is 0 Å². The predicted octanol–water partition coefficient (Wildman–Crippen LogP) is 4.39. The van der Waals surface area contributed by atoms with Crippen LogP contribution in [0.5, 0.6) is 5.95 Å². The molecule has 23 heavy (non-hydrogen) atoms. The molecule has 3 nitrogen and oxygen atoms in total. The van der Waals surface area contributed by atoms with E-state index in [1.807, 2.05) is 0 Å². The van der Waals surface area contributed by atoms with Gasteiger partial charge in [0.1, 0.15) is 12.2 Å². The summed E-state index contributed by atoms with van der Waals surface area (Å²) >= 11 is 0. The summed E-state index contributed by atoms with van der Waals surface area (Å²) in [7, 11) is 0. The van der Waals surface area contributed by atoms with Gasteiger partial charge in [-0.3, -0.25) is 4.79 Å². The maximum absolute atomic E-state index is 12.7. The summed E-state index contributed by atoms with van der Waals surface area (Å²) in [5.41, 5.74) is -0.334. The van der Waals surface area contributed by atoms with Gasteiger partial charge in [-0.05, 0) is 29.8 Å². The van der Waals surface area contributed by atoms with E-state index in [0.717, 1.165) is 12.1 Å². The average Bonchev–Trinajstić information content (AvgIpc) is 2.52. The Morgan fingerprint density at radius 1 is 1.00 bits per heavy atom. The average molecular weight is 320 g/mol. The van der Waals surface area contributed by atoms with Crippen molar-refractivity contribution in [3.05, 3.63) is 75.9 Å². The van der Waals surface area contributed by atoms with Gasteiger partial charge in [0.25, 0.3) is 5.95 Å². The Labute approximate surface area is 128 Å². The minimum Gasteiger partial charge on any atom is -0.460 e. The van der Waals surface area contributed by atoms with Crippen molar-refractivity contribution in [2.75, 3.05) is 0 Å². The summed E-state index contributed by atoms with van der Waals surface area (Å²) in [4.78, 5) is 11.9. The second-order valence-corrected chi connectivity index (χ2v) is 4.91. The van der Waals surface area contributed by atoms with E-state index in [4.69, 9.17) is 9.15 Å². The Kier molecular flexibility index (Phi) is 3.82. The number of hydrogen-bond acceptors (Lipinski definition) is 3. The summed E-state index contributed by atoms with van der Waals surface area (Å²) in [5.74, 6) is -0.0360. The lowest BCUT2D eigenvalue weighted by molar-refractivity contribution is -0.137. The molecule has 1 heterocycles. The van der Waals surface area contributed by atoms with Crippen LogP contribution in [0, 0.1) is 0 Å². The van der Waals surface area contributed by atoms with Crippen LogP contribution in [0.3, 0.4) is 0 Å². The minimum atomic E-state index is -4.41. The molecule has 6 heteroatoms. The van der Waals surface area contributed by atoms with Crippen LogP contribution in [0.4, 0.5) is 13.2 Å². The third-order valence-corrected chi connectivity index (χ3v) is 3.25. The molecule has 0 bridgehead atoms. The SMILES string of the molecule is O=c1cc(OCc2cccc(C(F)(F)F)c2)oc2ccccc12. The lowest BCUT2D eigenvalue weighted by Gasteiger charge is -2.09. The lowest BCUT2D eigenvalue weighted by Crippen LogP contribution is -2.06. The van der Waals surface area contributed by atoms with E-state index < -0.39 is 11.7 Å². The molecular weight excluding hydrogens is 309 g/mol. The van der Waals surface area contributed by atoms with Gasteiger partial charge in [-0.15, -0.1) is 0 Å². The summed E-state index contributed by atoms with van der Waals surface area (Å²) in [6.45, 7) is -0.134. The number of benzene rings is 2. The summed E-state index contributed by atoms with van der Waals surface area (Å²) in [6.07, 6.45) is -4.41. The molecule has 0 spiro atoms. The standard InChI is InChI=1S/C17H11F3O3/c18-17(19,20)12-5-3-4-11(8-12)10-22-16-9-14(21)13-6-1-2-7-15(13)23-16/h1-9H,10H2. The summed E-state index contributed by atoms with van der Waals surface area (Å²) < 4.78 is 48.7. The molecule has 0 amide bonds. The molecule has 1 aromatic heterocycles. The van der Waals surface area contributed by atoms with Gasteiger partial charge < -0.3 is 9.15 Å². The van der Waals surface area contributed by atoms with E-state index in [1.54, 1.807) is 24.3 Å². The number of halogens is 3. The third kappa shape index (κ3) is 3.36. The van der Waals surface area contributed by atoms with Crippen molar-refractivity contribution in [2.45, 2.75) is 12.8 Å². The highest BCUT2D eigenvalue weighted by molar-refractivity contribution is 5.76. The molecule has 0 saturated carbocycles. The molecule has 0 fully saturated rings. The molecular formula is C17H11F3O3. The molecule has 3 aromatic rings. The Bertz CT molecular complexity index is 897. The van der Waals surface area contributed by atoms with E-state index in [9.17, 15) is 18.0 Å². The van der Waals surface area contributed by atoms with Crippen molar-refractivity contribution in [2.24, 2.45) is 0 Å². The van der Waals surface area contributed by atoms with Gasteiger partial charge in [0.15, 0.2) is 5.43 Å². The maximum Gasteiger partial charge on any atom is 0.416 e. The molecule has 3 rings (SSSR count). The first-order valence-corrected chi connectivity index (χ1v) is 6.75. The van der Waals surface area contributed by atoms with Crippen molar-refractivity contribution in [3.63, 3.8) is 0 Å². The van der Waals surface area contributed by atoms with Crippen LogP contribution in [0.15, 0.2) is 63.8 Å².